The monoisotopic (exact) mass is 497 g/mol. The second-order valence-corrected chi connectivity index (χ2v) is 8.09. The average molecular weight is 497 g/mol. The zero-order chi connectivity index (χ0) is 20.7. The zero-order valence-electron chi connectivity index (χ0n) is 16.2. The molecule has 1 aliphatic carbocycles. The molecule has 1 aliphatic rings. The van der Waals surface area contributed by atoms with Gasteiger partial charge in [-0.3, -0.25) is 4.79 Å². The molecule has 0 aromatic heterocycles. The largest absolute Gasteiger partial charge is 0.482 e. The van der Waals surface area contributed by atoms with E-state index in [0.717, 1.165) is 3.57 Å². The maximum absolute atomic E-state index is 13.1. The van der Waals surface area contributed by atoms with E-state index in [1.54, 1.807) is 20.8 Å². The second-order valence-electron chi connectivity index (χ2n) is 6.84. The Kier molecular flexibility index (Phi) is 7.87. The van der Waals surface area contributed by atoms with E-state index in [4.69, 9.17) is 9.47 Å². The van der Waals surface area contributed by atoms with Gasteiger partial charge < -0.3 is 14.8 Å². The Labute approximate surface area is 178 Å². The molecule has 0 radical (unpaired) electrons. The summed E-state index contributed by atoms with van der Waals surface area (Å²) < 4.78 is 12.1. The Balaban J connectivity index is 2.61. The molecule has 0 amide bonds. The number of halogens is 1. The van der Waals surface area contributed by atoms with E-state index >= 15 is 0 Å². The molecule has 28 heavy (non-hydrogen) atoms. The quantitative estimate of drug-likeness (QED) is 0.255. The standard InChI is InChI=1S/C21H24INO5/c1-4-27-20(26)21(11-5-6-15(21)12-24)19(18(13-25)28-14(2)3)23-17-9-7-16(22)8-10-17/h7-10,14,19,23H,4-6,11H2,1-3H3. The predicted octanol–water partition coefficient (Wildman–Crippen LogP) is 3.70. The molecular formula is C21H24INO5. The molecule has 1 N–H and O–H groups in total. The number of esters is 1. The third-order valence-electron chi connectivity index (χ3n) is 4.67. The van der Waals surface area contributed by atoms with Crippen LogP contribution in [-0.4, -0.2) is 36.6 Å². The smallest absolute Gasteiger partial charge is 0.319 e. The van der Waals surface area contributed by atoms with Gasteiger partial charge in [0.1, 0.15) is 17.4 Å². The highest BCUT2D eigenvalue weighted by molar-refractivity contribution is 14.1. The van der Waals surface area contributed by atoms with Gasteiger partial charge in [0.25, 0.3) is 0 Å². The minimum Gasteiger partial charge on any atom is -0.482 e. The molecule has 6 nitrogen and oxygen atoms in total. The Morgan fingerprint density at radius 2 is 1.96 bits per heavy atom. The first-order valence-corrected chi connectivity index (χ1v) is 10.3. The Morgan fingerprint density at radius 3 is 2.50 bits per heavy atom. The fourth-order valence-electron chi connectivity index (χ4n) is 3.51. The molecule has 1 saturated carbocycles. The number of ether oxygens (including phenoxy) is 2. The van der Waals surface area contributed by atoms with Crippen LogP contribution in [0.3, 0.4) is 0 Å². The number of hydrogen-bond acceptors (Lipinski definition) is 6. The summed E-state index contributed by atoms with van der Waals surface area (Å²) in [4.78, 5) is 36.6. The van der Waals surface area contributed by atoms with Gasteiger partial charge in [0.15, 0.2) is 5.94 Å². The molecule has 1 aromatic carbocycles. The van der Waals surface area contributed by atoms with Crippen LogP contribution >= 0.6 is 22.6 Å². The first-order chi connectivity index (χ1) is 13.4. The Hall–Kier alpha value is -2.08. The van der Waals surface area contributed by atoms with Crippen molar-refractivity contribution in [3.8, 4) is 0 Å². The minimum atomic E-state index is -1.36. The number of hydrogen-bond donors (Lipinski definition) is 1. The van der Waals surface area contributed by atoms with E-state index < -0.39 is 17.4 Å². The summed E-state index contributed by atoms with van der Waals surface area (Å²) in [7, 11) is 0. The van der Waals surface area contributed by atoms with Crippen LogP contribution in [0.15, 0.2) is 35.6 Å². The van der Waals surface area contributed by atoms with Crippen molar-refractivity contribution in [2.45, 2.75) is 52.2 Å². The van der Waals surface area contributed by atoms with E-state index in [2.05, 4.69) is 27.9 Å². The molecular weight excluding hydrogens is 473 g/mol. The highest BCUT2D eigenvalue weighted by atomic mass is 127. The highest BCUT2D eigenvalue weighted by Crippen LogP contribution is 2.48. The van der Waals surface area contributed by atoms with Gasteiger partial charge in [-0.25, -0.2) is 9.59 Å². The van der Waals surface area contributed by atoms with Crippen LogP contribution < -0.4 is 5.32 Å². The summed E-state index contributed by atoms with van der Waals surface area (Å²) in [5, 5.41) is 3.22. The molecule has 0 saturated heterocycles. The third kappa shape index (κ3) is 4.66. The van der Waals surface area contributed by atoms with Gasteiger partial charge >= 0.3 is 5.97 Å². The Morgan fingerprint density at radius 1 is 1.29 bits per heavy atom. The second kappa shape index (κ2) is 9.92. The SMILES string of the molecule is CCOC(=O)C1(C(Nc2ccc(I)cc2)C(=C=O)OC(C)C)CCCC1=C=O. The molecule has 0 aliphatic heterocycles. The van der Waals surface area contributed by atoms with E-state index in [-0.39, 0.29) is 24.0 Å². The van der Waals surface area contributed by atoms with Gasteiger partial charge in [0, 0.05) is 14.8 Å². The first kappa shape index (κ1) is 22.2. The van der Waals surface area contributed by atoms with Crippen LogP contribution in [0.1, 0.15) is 40.0 Å². The normalized spacial score (nSPS) is 19.5. The summed E-state index contributed by atoms with van der Waals surface area (Å²) in [5.74, 6) is 3.15. The van der Waals surface area contributed by atoms with Crippen molar-refractivity contribution in [3.05, 3.63) is 39.2 Å². The lowest BCUT2D eigenvalue weighted by molar-refractivity contribution is -0.153. The molecule has 1 fully saturated rings. The maximum Gasteiger partial charge on any atom is 0.319 e. The molecule has 0 bridgehead atoms. The maximum atomic E-state index is 13.1. The summed E-state index contributed by atoms with van der Waals surface area (Å²) in [6.45, 7) is 5.42. The van der Waals surface area contributed by atoms with Gasteiger partial charge in [0.05, 0.1) is 12.7 Å². The van der Waals surface area contributed by atoms with E-state index in [0.29, 0.717) is 24.9 Å². The van der Waals surface area contributed by atoms with Gasteiger partial charge in [-0.1, -0.05) is 0 Å². The molecule has 7 heteroatoms. The van der Waals surface area contributed by atoms with Crippen molar-refractivity contribution in [1.82, 2.24) is 0 Å². The van der Waals surface area contributed by atoms with Gasteiger partial charge in [-0.05, 0) is 86.9 Å². The van der Waals surface area contributed by atoms with Crippen LogP contribution in [0.5, 0.6) is 0 Å². The highest BCUT2D eigenvalue weighted by Gasteiger charge is 2.56. The molecule has 2 unspecified atom stereocenters. The van der Waals surface area contributed by atoms with Crippen LogP contribution in [0.4, 0.5) is 5.69 Å². The summed E-state index contributed by atoms with van der Waals surface area (Å²) in [6.07, 6.45) is 1.08. The number of carbonyl (C=O) groups is 1. The van der Waals surface area contributed by atoms with Crippen molar-refractivity contribution in [3.63, 3.8) is 0 Å². The zero-order valence-corrected chi connectivity index (χ0v) is 18.4. The third-order valence-corrected chi connectivity index (χ3v) is 5.39. The molecule has 0 heterocycles. The molecule has 1 aromatic rings. The van der Waals surface area contributed by atoms with Crippen LogP contribution in [0.2, 0.25) is 0 Å². The van der Waals surface area contributed by atoms with Crippen molar-refractivity contribution >= 4 is 46.1 Å². The topological polar surface area (TPSA) is 81.7 Å². The van der Waals surface area contributed by atoms with Crippen LogP contribution in [-0.2, 0) is 23.9 Å². The fraction of sp³-hybridized carbons (Fsp3) is 0.476. The van der Waals surface area contributed by atoms with Crippen molar-refractivity contribution < 1.29 is 23.9 Å². The van der Waals surface area contributed by atoms with Gasteiger partial charge in [-0.15, -0.1) is 0 Å². The van der Waals surface area contributed by atoms with Gasteiger partial charge in [0.2, 0.25) is 5.76 Å². The number of anilines is 1. The molecule has 2 rings (SSSR count). The Bertz CT molecular complexity index is 807. The lowest BCUT2D eigenvalue weighted by Crippen LogP contribution is -2.49. The fourth-order valence-corrected chi connectivity index (χ4v) is 3.87. The van der Waals surface area contributed by atoms with Crippen molar-refractivity contribution in [1.29, 1.82) is 0 Å². The number of rotatable bonds is 8. The van der Waals surface area contributed by atoms with Crippen LogP contribution in [0, 0.1) is 8.99 Å². The minimum absolute atomic E-state index is 0.0590. The number of benzene rings is 1. The van der Waals surface area contributed by atoms with E-state index in [1.807, 2.05) is 36.1 Å². The first-order valence-electron chi connectivity index (χ1n) is 9.24. The van der Waals surface area contributed by atoms with E-state index in [1.165, 1.54) is 0 Å². The van der Waals surface area contributed by atoms with Crippen molar-refractivity contribution in [2.75, 3.05) is 11.9 Å². The summed E-state index contributed by atoms with van der Waals surface area (Å²) >= 11 is 2.19. The van der Waals surface area contributed by atoms with E-state index in [9.17, 15) is 14.4 Å². The number of nitrogens with one attached hydrogen (secondary N) is 1. The molecule has 150 valence electrons. The molecule has 2 atom stereocenters. The van der Waals surface area contributed by atoms with Crippen LogP contribution in [0.25, 0.3) is 0 Å². The average Bonchev–Trinajstić information content (AvgIpc) is 3.10. The number of carbonyl (C=O) groups excluding carboxylic acids is 3. The molecule has 0 spiro atoms. The predicted molar refractivity (Wildman–Crippen MR) is 114 cm³/mol. The summed E-state index contributed by atoms with van der Waals surface area (Å²) in [5.41, 5.74) is -0.386. The van der Waals surface area contributed by atoms with Crippen molar-refractivity contribution in [2.24, 2.45) is 5.41 Å². The summed E-state index contributed by atoms with van der Waals surface area (Å²) in [6, 6.07) is 6.55. The van der Waals surface area contributed by atoms with Gasteiger partial charge in [-0.2, -0.15) is 0 Å². The lowest BCUT2D eigenvalue weighted by Gasteiger charge is -2.36. The lowest BCUT2D eigenvalue weighted by atomic mass is 9.74.